The van der Waals surface area contributed by atoms with Crippen LogP contribution < -0.4 is 10.2 Å². The van der Waals surface area contributed by atoms with E-state index in [1.807, 2.05) is 6.92 Å². The third-order valence-corrected chi connectivity index (χ3v) is 4.62. The highest BCUT2D eigenvalue weighted by molar-refractivity contribution is 5.48. The first kappa shape index (κ1) is 17.3. The van der Waals surface area contributed by atoms with Gasteiger partial charge in [-0.1, -0.05) is 19.1 Å². The molecule has 1 aliphatic heterocycles. The van der Waals surface area contributed by atoms with Crippen LogP contribution in [0.4, 0.5) is 5.69 Å². The molecule has 0 aromatic heterocycles. The molecule has 4 nitrogen and oxygen atoms in total. The lowest BCUT2D eigenvalue weighted by atomic mass is 10.0. The topological polar surface area (TPSA) is 55.7 Å². The van der Waals surface area contributed by atoms with Gasteiger partial charge in [-0.25, -0.2) is 0 Å². The first-order valence-electron chi connectivity index (χ1n) is 8.54. The van der Waals surface area contributed by atoms with Gasteiger partial charge in [0.2, 0.25) is 0 Å². The molecule has 2 atom stereocenters. The molecule has 2 unspecified atom stereocenters. The zero-order chi connectivity index (χ0) is 15.9. The summed E-state index contributed by atoms with van der Waals surface area (Å²) >= 11 is 0. The zero-order valence-electron chi connectivity index (χ0n) is 13.8. The summed E-state index contributed by atoms with van der Waals surface area (Å²) in [7, 11) is 0. The summed E-state index contributed by atoms with van der Waals surface area (Å²) in [5.41, 5.74) is 2.51. The number of aliphatic hydroxyl groups excluding tert-OH is 2. The maximum absolute atomic E-state index is 9.58. The van der Waals surface area contributed by atoms with Crippen molar-refractivity contribution in [3.8, 4) is 0 Å². The lowest BCUT2D eigenvalue weighted by molar-refractivity contribution is 0.145. The first-order chi connectivity index (χ1) is 10.6. The van der Waals surface area contributed by atoms with E-state index in [4.69, 9.17) is 0 Å². The molecule has 2 rings (SSSR count). The molecule has 0 spiro atoms. The van der Waals surface area contributed by atoms with E-state index >= 15 is 0 Å². The van der Waals surface area contributed by atoms with Crippen LogP contribution in [0, 0.1) is 0 Å². The molecule has 1 fully saturated rings. The van der Waals surface area contributed by atoms with Crippen LogP contribution in [0.3, 0.4) is 0 Å². The Bertz CT molecular complexity index is 427. The van der Waals surface area contributed by atoms with Crippen molar-refractivity contribution in [2.24, 2.45) is 0 Å². The number of rotatable bonds is 7. The molecule has 0 amide bonds. The van der Waals surface area contributed by atoms with E-state index in [0.717, 1.165) is 45.3 Å². The van der Waals surface area contributed by atoms with Crippen molar-refractivity contribution in [1.82, 2.24) is 5.32 Å². The Kier molecular flexibility index (Phi) is 6.68. The molecule has 1 aliphatic rings. The Hall–Kier alpha value is -1.10. The number of hydrogen-bond acceptors (Lipinski definition) is 4. The molecular weight excluding hydrogens is 276 g/mol. The van der Waals surface area contributed by atoms with Gasteiger partial charge in [0.05, 0.1) is 12.2 Å². The average Bonchev–Trinajstić information content (AvgIpc) is 2.55. The van der Waals surface area contributed by atoms with E-state index < -0.39 is 0 Å². The molecular formula is C18H30N2O2. The number of nitrogens with one attached hydrogen (secondary N) is 1. The minimum Gasteiger partial charge on any atom is -0.393 e. The predicted octanol–water partition coefficient (Wildman–Crippen LogP) is 2.46. The second kappa shape index (κ2) is 8.51. The van der Waals surface area contributed by atoms with Crippen molar-refractivity contribution in [2.45, 2.75) is 57.8 Å². The summed E-state index contributed by atoms with van der Waals surface area (Å²) in [5, 5.41) is 22.6. The monoisotopic (exact) mass is 306 g/mol. The molecule has 3 N–H and O–H groups in total. The number of piperidine rings is 1. The largest absolute Gasteiger partial charge is 0.393 e. The molecule has 0 radical (unpaired) electrons. The highest BCUT2D eigenvalue weighted by atomic mass is 16.3. The Morgan fingerprint density at radius 2 is 1.86 bits per heavy atom. The third kappa shape index (κ3) is 4.97. The summed E-state index contributed by atoms with van der Waals surface area (Å²) in [6.45, 7) is 6.87. The lowest BCUT2D eigenvalue weighted by Crippen LogP contribution is -2.35. The number of aliphatic hydroxyl groups is 2. The number of benzene rings is 1. The smallest absolute Gasteiger partial charge is 0.0574 e. The van der Waals surface area contributed by atoms with Gasteiger partial charge >= 0.3 is 0 Å². The van der Waals surface area contributed by atoms with Gasteiger partial charge in [0.25, 0.3) is 0 Å². The SMILES string of the molecule is CCC(O)CCNC(C)c1ccc(N2CCC(O)CC2)cc1. The molecule has 4 heteroatoms. The van der Waals surface area contributed by atoms with Crippen molar-refractivity contribution in [2.75, 3.05) is 24.5 Å². The minimum absolute atomic E-state index is 0.127. The van der Waals surface area contributed by atoms with Gasteiger partial charge in [-0.2, -0.15) is 0 Å². The van der Waals surface area contributed by atoms with Gasteiger partial charge in [-0.05, 0) is 56.8 Å². The van der Waals surface area contributed by atoms with E-state index in [1.165, 1.54) is 11.3 Å². The van der Waals surface area contributed by atoms with Crippen LogP contribution >= 0.6 is 0 Å². The average molecular weight is 306 g/mol. The maximum Gasteiger partial charge on any atom is 0.0574 e. The second-order valence-corrected chi connectivity index (χ2v) is 6.34. The van der Waals surface area contributed by atoms with Crippen LogP contribution in [0.5, 0.6) is 0 Å². The van der Waals surface area contributed by atoms with Crippen molar-refractivity contribution < 1.29 is 10.2 Å². The number of anilines is 1. The summed E-state index contributed by atoms with van der Waals surface area (Å²) in [5.74, 6) is 0. The van der Waals surface area contributed by atoms with E-state index in [1.54, 1.807) is 0 Å². The summed E-state index contributed by atoms with van der Waals surface area (Å²) < 4.78 is 0. The van der Waals surface area contributed by atoms with Gasteiger partial charge in [-0.15, -0.1) is 0 Å². The van der Waals surface area contributed by atoms with Gasteiger partial charge in [0.1, 0.15) is 0 Å². The third-order valence-electron chi connectivity index (χ3n) is 4.62. The maximum atomic E-state index is 9.58. The van der Waals surface area contributed by atoms with Crippen LogP contribution in [-0.4, -0.2) is 42.1 Å². The molecule has 1 heterocycles. The van der Waals surface area contributed by atoms with Crippen molar-refractivity contribution >= 4 is 5.69 Å². The van der Waals surface area contributed by atoms with E-state index in [9.17, 15) is 10.2 Å². The molecule has 124 valence electrons. The number of hydrogen-bond donors (Lipinski definition) is 3. The summed E-state index contributed by atoms with van der Waals surface area (Å²) in [6, 6.07) is 8.99. The highest BCUT2D eigenvalue weighted by Crippen LogP contribution is 2.22. The molecule has 22 heavy (non-hydrogen) atoms. The fourth-order valence-electron chi connectivity index (χ4n) is 2.89. The standard InChI is InChI=1S/C18H30N2O2/c1-3-17(21)8-11-19-14(2)15-4-6-16(7-5-15)20-12-9-18(22)10-13-20/h4-7,14,17-19,21-22H,3,8-13H2,1-2H3. The first-order valence-corrected chi connectivity index (χ1v) is 8.54. The van der Waals surface area contributed by atoms with Gasteiger partial charge in [0.15, 0.2) is 0 Å². The molecule has 0 aliphatic carbocycles. The van der Waals surface area contributed by atoms with Crippen molar-refractivity contribution in [3.63, 3.8) is 0 Å². The Morgan fingerprint density at radius 1 is 1.23 bits per heavy atom. The molecule has 1 aromatic carbocycles. The summed E-state index contributed by atoms with van der Waals surface area (Å²) in [4.78, 5) is 2.34. The Balaban J connectivity index is 1.83. The zero-order valence-corrected chi connectivity index (χ0v) is 13.8. The van der Waals surface area contributed by atoms with Crippen LogP contribution in [-0.2, 0) is 0 Å². The highest BCUT2D eigenvalue weighted by Gasteiger charge is 2.17. The molecule has 0 bridgehead atoms. The lowest BCUT2D eigenvalue weighted by Gasteiger charge is -2.31. The number of nitrogens with zero attached hydrogens (tertiary/aromatic N) is 1. The second-order valence-electron chi connectivity index (χ2n) is 6.34. The quantitative estimate of drug-likeness (QED) is 0.724. The van der Waals surface area contributed by atoms with Crippen LogP contribution in [0.2, 0.25) is 0 Å². The Morgan fingerprint density at radius 3 is 2.45 bits per heavy atom. The van der Waals surface area contributed by atoms with Crippen molar-refractivity contribution in [1.29, 1.82) is 0 Å². The van der Waals surface area contributed by atoms with Crippen LogP contribution in [0.15, 0.2) is 24.3 Å². The van der Waals surface area contributed by atoms with Gasteiger partial charge in [0, 0.05) is 24.8 Å². The molecule has 1 saturated heterocycles. The minimum atomic E-state index is -0.198. The van der Waals surface area contributed by atoms with Crippen molar-refractivity contribution in [3.05, 3.63) is 29.8 Å². The fourth-order valence-corrected chi connectivity index (χ4v) is 2.89. The normalized spacial score (nSPS) is 19.2. The van der Waals surface area contributed by atoms with Gasteiger partial charge < -0.3 is 20.4 Å². The fraction of sp³-hybridized carbons (Fsp3) is 0.667. The van der Waals surface area contributed by atoms with E-state index in [0.29, 0.717) is 6.04 Å². The van der Waals surface area contributed by atoms with Crippen LogP contribution in [0.1, 0.15) is 51.1 Å². The van der Waals surface area contributed by atoms with Crippen LogP contribution in [0.25, 0.3) is 0 Å². The van der Waals surface area contributed by atoms with Gasteiger partial charge in [-0.3, -0.25) is 0 Å². The molecule has 1 aromatic rings. The Labute approximate surface area is 134 Å². The summed E-state index contributed by atoms with van der Waals surface area (Å²) in [6.07, 6.45) is 3.01. The van der Waals surface area contributed by atoms with E-state index in [2.05, 4.69) is 41.4 Å². The molecule has 0 saturated carbocycles. The van der Waals surface area contributed by atoms with E-state index in [-0.39, 0.29) is 12.2 Å². The predicted molar refractivity (Wildman–Crippen MR) is 91.2 cm³/mol.